The van der Waals surface area contributed by atoms with Crippen molar-refractivity contribution in [1.82, 2.24) is 0 Å². The predicted molar refractivity (Wildman–Crippen MR) is 85.8 cm³/mol. The SMILES string of the molecule is COc1ccc(COC(=O)CP(=O)(OCC(F)(F)F)OCC(F)(F)F)c(OC)c1. The maximum atomic E-state index is 12.2. The zero-order valence-corrected chi connectivity index (χ0v) is 16.0. The van der Waals surface area contributed by atoms with Crippen LogP contribution in [0.5, 0.6) is 11.5 Å². The summed E-state index contributed by atoms with van der Waals surface area (Å²) >= 11 is 0. The second-order valence-corrected chi connectivity index (χ2v) is 7.44. The average molecular weight is 454 g/mol. The van der Waals surface area contributed by atoms with Gasteiger partial charge in [-0.2, -0.15) is 26.3 Å². The minimum Gasteiger partial charge on any atom is -0.497 e. The Morgan fingerprint density at radius 1 is 0.966 bits per heavy atom. The molecule has 0 unspecified atom stereocenters. The highest BCUT2D eigenvalue weighted by atomic mass is 31.2. The average Bonchev–Trinajstić information content (AvgIpc) is 2.62. The molecular formula is C15H17F6O7P. The van der Waals surface area contributed by atoms with Crippen LogP contribution in [0.15, 0.2) is 18.2 Å². The van der Waals surface area contributed by atoms with Crippen LogP contribution in [0.1, 0.15) is 5.56 Å². The minimum atomic E-state index is -5.09. The maximum absolute atomic E-state index is 12.2. The fourth-order valence-corrected chi connectivity index (χ4v) is 3.16. The van der Waals surface area contributed by atoms with Crippen molar-refractivity contribution in [1.29, 1.82) is 0 Å². The van der Waals surface area contributed by atoms with Crippen LogP contribution in [0.25, 0.3) is 0 Å². The summed E-state index contributed by atoms with van der Waals surface area (Å²) in [4.78, 5) is 11.8. The van der Waals surface area contributed by atoms with E-state index in [1.807, 2.05) is 0 Å². The normalized spacial score (nSPS) is 12.6. The summed E-state index contributed by atoms with van der Waals surface area (Å²) < 4.78 is 108. The van der Waals surface area contributed by atoms with Crippen LogP contribution in [0.2, 0.25) is 0 Å². The Balaban J connectivity index is 2.80. The molecule has 0 aromatic heterocycles. The summed E-state index contributed by atoms with van der Waals surface area (Å²) in [6.07, 6.45) is -11.5. The van der Waals surface area contributed by atoms with Crippen LogP contribution < -0.4 is 9.47 Å². The van der Waals surface area contributed by atoms with E-state index in [4.69, 9.17) is 14.2 Å². The number of halogens is 6. The molecule has 0 aliphatic heterocycles. The first-order valence-corrected chi connectivity index (χ1v) is 9.38. The largest absolute Gasteiger partial charge is 0.497 e. The van der Waals surface area contributed by atoms with Crippen molar-refractivity contribution < 1.29 is 59.0 Å². The molecule has 0 radical (unpaired) electrons. The predicted octanol–water partition coefficient (Wildman–Crippen LogP) is 4.10. The molecule has 0 aliphatic rings. The van der Waals surface area contributed by atoms with Gasteiger partial charge in [0.2, 0.25) is 0 Å². The number of rotatable bonds is 10. The van der Waals surface area contributed by atoms with Gasteiger partial charge in [0, 0.05) is 11.6 Å². The third kappa shape index (κ3) is 9.86. The van der Waals surface area contributed by atoms with E-state index in [-0.39, 0.29) is 5.75 Å². The number of carbonyl (C=O) groups excluding carboxylic acids is 1. The number of esters is 1. The number of ether oxygens (including phenoxy) is 3. The Bertz CT molecular complexity index is 713. The van der Waals surface area contributed by atoms with Gasteiger partial charge in [0.1, 0.15) is 24.3 Å². The van der Waals surface area contributed by atoms with Gasteiger partial charge in [-0.15, -0.1) is 0 Å². The molecule has 0 spiro atoms. The zero-order chi connectivity index (χ0) is 22.3. The van der Waals surface area contributed by atoms with Crippen molar-refractivity contribution in [3.8, 4) is 11.5 Å². The Labute approximate surface area is 161 Å². The van der Waals surface area contributed by atoms with E-state index in [1.54, 1.807) is 0 Å². The molecule has 29 heavy (non-hydrogen) atoms. The summed E-state index contributed by atoms with van der Waals surface area (Å²) in [7, 11) is -2.38. The number of hydrogen-bond acceptors (Lipinski definition) is 7. The quantitative estimate of drug-likeness (QED) is 0.299. The highest BCUT2D eigenvalue weighted by molar-refractivity contribution is 7.54. The first kappa shape index (κ1) is 25.1. The topological polar surface area (TPSA) is 80.3 Å². The molecule has 1 rings (SSSR count). The van der Waals surface area contributed by atoms with Crippen LogP contribution >= 0.6 is 7.60 Å². The molecule has 14 heteroatoms. The van der Waals surface area contributed by atoms with E-state index in [9.17, 15) is 35.7 Å². The van der Waals surface area contributed by atoms with E-state index in [0.29, 0.717) is 11.3 Å². The molecule has 0 bridgehead atoms. The van der Waals surface area contributed by atoms with Crippen LogP contribution in [-0.2, 0) is 29.8 Å². The lowest BCUT2D eigenvalue weighted by molar-refractivity contribution is -0.166. The lowest BCUT2D eigenvalue weighted by Gasteiger charge is -2.20. The Kier molecular flexibility index (Phi) is 8.79. The van der Waals surface area contributed by atoms with Crippen LogP contribution in [-0.4, -0.2) is 51.9 Å². The minimum absolute atomic E-state index is 0.238. The fraction of sp³-hybridized carbons (Fsp3) is 0.533. The number of alkyl halides is 6. The van der Waals surface area contributed by atoms with Gasteiger partial charge in [-0.3, -0.25) is 18.4 Å². The third-order valence-electron chi connectivity index (χ3n) is 3.06. The van der Waals surface area contributed by atoms with Gasteiger partial charge in [-0.1, -0.05) is 0 Å². The molecular weight excluding hydrogens is 437 g/mol. The first-order chi connectivity index (χ1) is 13.3. The molecule has 0 fully saturated rings. The molecule has 1 aromatic rings. The summed E-state index contributed by atoms with van der Waals surface area (Å²) in [5.74, 6) is -0.736. The molecule has 0 saturated carbocycles. The third-order valence-corrected chi connectivity index (χ3v) is 4.75. The van der Waals surface area contributed by atoms with Crippen molar-refractivity contribution in [3.63, 3.8) is 0 Å². The van der Waals surface area contributed by atoms with Crippen LogP contribution in [0.4, 0.5) is 26.3 Å². The van der Waals surface area contributed by atoms with Gasteiger partial charge in [0.25, 0.3) is 0 Å². The second kappa shape index (κ2) is 10.2. The van der Waals surface area contributed by atoms with Gasteiger partial charge in [0.05, 0.1) is 14.2 Å². The van der Waals surface area contributed by atoms with Crippen LogP contribution in [0.3, 0.4) is 0 Å². The number of benzene rings is 1. The lowest BCUT2D eigenvalue weighted by atomic mass is 10.2. The monoisotopic (exact) mass is 454 g/mol. The Hall–Kier alpha value is -1.98. The molecule has 0 saturated heterocycles. The summed E-state index contributed by atoms with van der Waals surface area (Å²) in [5, 5.41) is 0. The molecule has 166 valence electrons. The van der Waals surface area contributed by atoms with Crippen molar-refractivity contribution in [2.24, 2.45) is 0 Å². The Morgan fingerprint density at radius 3 is 1.97 bits per heavy atom. The molecule has 0 heterocycles. The smallest absolute Gasteiger partial charge is 0.412 e. The molecule has 0 atom stereocenters. The van der Waals surface area contributed by atoms with Gasteiger partial charge >= 0.3 is 25.9 Å². The Morgan fingerprint density at radius 2 is 1.52 bits per heavy atom. The van der Waals surface area contributed by atoms with E-state index < -0.39 is 51.9 Å². The fourth-order valence-electron chi connectivity index (χ4n) is 1.80. The lowest BCUT2D eigenvalue weighted by Crippen LogP contribution is -2.23. The van der Waals surface area contributed by atoms with Gasteiger partial charge < -0.3 is 14.2 Å². The molecule has 7 nitrogen and oxygen atoms in total. The van der Waals surface area contributed by atoms with Crippen molar-refractivity contribution >= 4 is 13.6 Å². The summed E-state index contributed by atoms with van der Waals surface area (Å²) in [6.45, 7) is -4.80. The summed E-state index contributed by atoms with van der Waals surface area (Å²) in [5.41, 5.74) is 0.309. The number of hydrogen-bond donors (Lipinski definition) is 0. The molecule has 1 aromatic carbocycles. The van der Waals surface area contributed by atoms with Crippen molar-refractivity contribution in [3.05, 3.63) is 23.8 Å². The van der Waals surface area contributed by atoms with Gasteiger partial charge in [0.15, 0.2) is 13.2 Å². The van der Waals surface area contributed by atoms with E-state index in [0.717, 1.165) is 0 Å². The molecule has 0 amide bonds. The van der Waals surface area contributed by atoms with Crippen molar-refractivity contribution in [2.75, 3.05) is 33.6 Å². The zero-order valence-electron chi connectivity index (χ0n) is 15.1. The van der Waals surface area contributed by atoms with Gasteiger partial charge in [-0.05, 0) is 12.1 Å². The first-order valence-electron chi connectivity index (χ1n) is 7.65. The number of carbonyl (C=O) groups is 1. The molecule has 0 N–H and O–H groups in total. The second-order valence-electron chi connectivity index (χ2n) is 5.38. The summed E-state index contributed by atoms with van der Waals surface area (Å²) in [6, 6.07) is 4.40. The van der Waals surface area contributed by atoms with E-state index in [2.05, 4.69) is 9.05 Å². The number of methoxy groups -OCH3 is 2. The van der Waals surface area contributed by atoms with E-state index in [1.165, 1.54) is 32.4 Å². The van der Waals surface area contributed by atoms with Gasteiger partial charge in [-0.25, -0.2) is 0 Å². The van der Waals surface area contributed by atoms with E-state index >= 15 is 0 Å². The standard InChI is InChI=1S/C15H17F6O7P/c1-24-11-4-3-10(12(5-11)25-2)6-26-13(22)7-29(23,27-8-14(16,17)18)28-9-15(19,20)21/h3-5H,6-9H2,1-2H3. The van der Waals surface area contributed by atoms with Crippen molar-refractivity contribution in [2.45, 2.75) is 19.0 Å². The molecule has 0 aliphatic carbocycles. The highest BCUT2D eigenvalue weighted by Crippen LogP contribution is 2.50. The maximum Gasteiger partial charge on any atom is 0.412 e. The van der Waals surface area contributed by atoms with Crippen LogP contribution in [0, 0.1) is 0 Å². The highest BCUT2D eigenvalue weighted by Gasteiger charge is 2.40.